The Morgan fingerprint density at radius 1 is 1.08 bits per heavy atom. The number of nitrogens with one attached hydrogen (secondary N) is 2. The van der Waals surface area contributed by atoms with Gasteiger partial charge in [0.1, 0.15) is 5.75 Å². The van der Waals surface area contributed by atoms with Crippen molar-refractivity contribution < 1.29 is 22.7 Å². The van der Waals surface area contributed by atoms with E-state index >= 15 is 0 Å². The number of amides is 1. The number of methoxy groups -OCH3 is 1. The van der Waals surface area contributed by atoms with E-state index in [9.17, 15) is 18.0 Å². The van der Waals surface area contributed by atoms with Crippen LogP contribution in [0.2, 0.25) is 0 Å². The van der Waals surface area contributed by atoms with Crippen molar-refractivity contribution in [2.75, 3.05) is 19.0 Å². The normalized spacial score (nSPS) is 11.0. The van der Waals surface area contributed by atoms with Gasteiger partial charge in [0.25, 0.3) is 0 Å². The van der Waals surface area contributed by atoms with Gasteiger partial charge in [-0.3, -0.25) is 4.79 Å². The van der Waals surface area contributed by atoms with Gasteiger partial charge in [-0.2, -0.15) is 13.2 Å². The van der Waals surface area contributed by atoms with Crippen LogP contribution in [0.15, 0.2) is 48.5 Å². The lowest BCUT2D eigenvalue weighted by atomic mass is 10.1. The van der Waals surface area contributed by atoms with Crippen LogP contribution in [0.5, 0.6) is 5.75 Å². The van der Waals surface area contributed by atoms with Gasteiger partial charge >= 0.3 is 6.18 Å². The van der Waals surface area contributed by atoms with Crippen molar-refractivity contribution in [3.05, 3.63) is 59.7 Å². The Balaban J connectivity index is 1.87. The van der Waals surface area contributed by atoms with Crippen molar-refractivity contribution in [1.29, 1.82) is 0 Å². The molecule has 7 heteroatoms. The largest absolute Gasteiger partial charge is 0.497 e. The number of alkyl halides is 3. The smallest absolute Gasteiger partial charge is 0.418 e. The lowest BCUT2D eigenvalue weighted by Gasteiger charge is -2.14. The van der Waals surface area contributed by atoms with Crippen LogP contribution in [0.25, 0.3) is 0 Å². The Morgan fingerprint density at radius 3 is 2.38 bits per heavy atom. The van der Waals surface area contributed by atoms with Gasteiger partial charge in [-0.05, 0) is 29.8 Å². The molecule has 0 radical (unpaired) electrons. The molecule has 0 aromatic heterocycles. The zero-order valence-corrected chi connectivity index (χ0v) is 13.0. The fourth-order valence-electron chi connectivity index (χ4n) is 2.07. The minimum Gasteiger partial charge on any atom is -0.497 e. The van der Waals surface area contributed by atoms with Crippen molar-refractivity contribution >= 4 is 11.6 Å². The quantitative estimate of drug-likeness (QED) is 0.848. The maximum atomic E-state index is 12.9. The van der Waals surface area contributed by atoms with E-state index in [4.69, 9.17) is 4.74 Å². The summed E-state index contributed by atoms with van der Waals surface area (Å²) in [5.41, 5.74) is -0.0580. The second kappa shape index (κ2) is 7.72. The minimum atomic E-state index is -4.47. The fourth-order valence-corrected chi connectivity index (χ4v) is 2.07. The summed E-state index contributed by atoms with van der Waals surface area (Å²) in [5, 5.41) is 5.16. The number of benzene rings is 2. The maximum Gasteiger partial charge on any atom is 0.418 e. The minimum absolute atomic E-state index is 0.121. The Kier molecular flexibility index (Phi) is 5.68. The van der Waals surface area contributed by atoms with E-state index in [0.717, 1.165) is 11.6 Å². The van der Waals surface area contributed by atoms with Gasteiger partial charge in [0.2, 0.25) is 5.91 Å². The molecule has 0 bridgehead atoms. The summed E-state index contributed by atoms with van der Waals surface area (Å²) < 4.78 is 43.6. The zero-order valence-electron chi connectivity index (χ0n) is 13.0. The topological polar surface area (TPSA) is 50.4 Å². The number of para-hydroxylation sites is 1. The molecule has 2 aromatic rings. The van der Waals surface area contributed by atoms with Gasteiger partial charge in [0.15, 0.2) is 0 Å². The first-order valence-electron chi connectivity index (χ1n) is 7.20. The van der Waals surface area contributed by atoms with E-state index in [1.165, 1.54) is 18.2 Å². The predicted molar refractivity (Wildman–Crippen MR) is 84.8 cm³/mol. The molecule has 0 heterocycles. The number of ether oxygens (including phenoxy) is 1. The van der Waals surface area contributed by atoms with Crippen LogP contribution in [0, 0.1) is 0 Å². The van der Waals surface area contributed by atoms with Gasteiger partial charge in [0, 0.05) is 12.2 Å². The molecule has 0 spiro atoms. The average molecular weight is 338 g/mol. The van der Waals surface area contributed by atoms with E-state index < -0.39 is 17.6 Å². The molecule has 2 aromatic carbocycles. The van der Waals surface area contributed by atoms with E-state index in [0.29, 0.717) is 5.75 Å². The molecular formula is C17H17F3N2O2. The van der Waals surface area contributed by atoms with Crippen LogP contribution >= 0.6 is 0 Å². The summed E-state index contributed by atoms with van der Waals surface area (Å²) in [4.78, 5) is 11.8. The highest BCUT2D eigenvalue weighted by atomic mass is 19.4. The van der Waals surface area contributed by atoms with E-state index in [1.807, 2.05) is 0 Å². The van der Waals surface area contributed by atoms with Gasteiger partial charge in [0.05, 0.1) is 19.2 Å². The summed E-state index contributed by atoms with van der Waals surface area (Å²) >= 11 is 0. The third kappa shape index (κ3) is 4.91. The van der Waals surface area contributed by atoms with Crippen molar-refractivity contribution in [2.45, 2.75) is 12.7 Å². The highest BCUT2D eigenvalue weighted by Gasteiger charge is 2.33. The molecule has 2 N–H and O–H groups in total. The Bertz CT molecular complexity index is 685. The molecule has 0 saturated heterocycles. The number of halogens is 3. The molecule has 0 aliphatic heterocycles. The molecule has 1 amide bonds. The summed E-state index contributed by atoms with van der Waals surface area (Å²) in [6, 6.07) is 12.2. The first kappa shape index (κ1) is 17.7. The third-order valence-corrected chi connectivity index (χ3v) is 3.32. The maximum absolute atomic E-state index is 12.9. The molecule has 0 saturated carbocycles. The lowest BCUT2D eigenvalue weighted by Crippen LogP contribution is -2.29. The van der Waals surface area contributed by atoms with Crippen molar-refractivity contribution in [3.63, 3.8) is 0 Å². The van der Waals surface area contributed by atoms with Crippen molar-refractivity contribution in [2.24, 2.45) is 0 Å². The zero-order chi connectivity index (χ0) is 17.6. The van der Waals surface area contributed by atoms with Crippen LogP contribution < -0.4 is 15.4 Å². The molecule has 0 unspecified atom stereocenters. The molecule has 0 aliphatic carbocycles. The number of hydrogen-bond acceptors (Lipinski definition) is 3. The number of carbonyl (C=O) groups is 1. The first-order chi connectivity index (χ1) is 11.4. The number of hydrogen-bond donors (Lipinski definition) is 2. The summed E-state index contributed by atoms with van der Waals surface area (Å²) in [6.07, 6.45) is -4.47. The SMILES string of the molecule is COc1ccc(CNC(=O)CNc2ccccc2C(F)(F)F)cc1. The van der Waals surface area contributed by atoms with Gasteiger partial charge in [-0.1, -0.05) is 24.3 Å². The Hall–Kier alpha value is -2.70. The molecule has 0 atom stereocenters. The van der Waals surface area contributed by atoms with E-state index in [1.54, 1.807) is 31.4 Å². The summed E-state index contributed by atoms with van der Waals surface area (Å²) in [5.74, 6) is 0.304. The second-order valence-corrected chi connectivity index (χ2v) is 5.02. The van der Waals surface area contributed by atoms with Gasteiger partial charge in [-0.15, -0.1) is 0 Å². The van der Waals surface area contributed by atoms with Gasteiger partial charge < -0.3 is 15.4 Å². The van der Waals surface area contributed by atoms with Crippen LogP contribution in [0.1, 0.15) is 11.1 Å². The molecule has 2 rings (SSSR count). The van der Waals surface area contributed by atoms with Gasteiger partial charge in [-0.25, -0.2) is 0 Å². The highest BCUT2D eigenvalue weighted by Crippen LogP contribution is 2.34. The van der Waals surface area contributed by atoms with Crippen LogP contribution in [0.3, 0.4) is 0 Å². The molecule has 4 nitrogen and oxygen atoms in total. The highest BCUT2D eigenvalue weighted by molar-refractivity contribution is 5.81. The van der Waals surface area contributed by atoms with Crippen molar-refractivity contribution in [1.82, 2.24) is 5.32 Å². The van der Waals surface area contributed by atoms with E-state index in [2.05, 4.69) is 10.6 Å². The number of carbonyl (C=O) groups excluding carboxylic acids is 1. The average Bonchev–Trinajstić information content (AvgIpc) is 2.58. The molecule has 0 aliphatic rings. The summed E-state index contributed by atoms with van der Waals surface area (Å²) in [7, 11) is 1.56. The summed E-state index contributed by atoms with van der Waals surface area (Å²) in [6.45, 7) is 0.0364. The van der Waals surface area contributed by atoms with E-state index in [-0.39, 0.29) is 18.8 Å². The third-order valence-electron chi connectivity index (χ3n) is 3.32. The van der Waals surface area contributed by atoms with Crippen LogP contribution in [-0.2, 0) is 17.5 Å². The Labute approximate surface area is 137 Å². The molecule has 128 valence electrons. The fraction of sp³-hybridized carbons (Fsp3) is 0.235. The number of anilines is 1. The van der Waals surface area contributed by atoms with Crippen molar-refractivity contribution in [3.8, 4) is 5.75 Å². The second-order valence-electron chi connectivity index (χ2n) is 5.02. The first-order valence-corrected chi connectivity index (χ1v) is 7.20. The monoisotopic (exact) mass is 338 g/mol. The van der Waals surface area contributed by atoms with Crippen LogP contribution in [-0.4, -0.2) is 19.6 Å². The molecular weight excluding hydrogens is 321 g/mol. The predicted octanol–water partition coefficient (Wildman–Crippen LogP) is 3.44. The lowest BCUT2D eigenvalue weighted by molar-refractivity contribution is -0.137. The molecule has 24 heavy (non-hydrogen) atoms. The number of rotatable bonds is 6. The molecule has 0 fully saturated rings. The Morgan fingerprint density at radius 2 is 1.75 bits per heavy atom. The van der Waals surface area contributed by atoms with Crippen LogP contribution in [0.4, 0.5) is 18.9 Å². The standard InChI is InChI=1S/C17H17F3N2O2/c1-24-13-8-6-12(7-9-13)10-22-16(23)11-21-15-5-3-2-4-14(15)17(18,19)20/h2-9,21H,10-11H2,1H3,(H,22,23).